The van der Waals surface area contributed by atoms with Crippen LogP contribution in [-0.2, 0) is 19.5 Å². The summed E-state index contributed by atoms with van der Waals surface area (Å²) in [4.78, 5) is 7.36. The van der Waals surface area contributed by atoms with Crippen LogP contribution in [0.1, 0.15) is 65.9 Å². The number of nitrogens with zero attached hydrogens (tertiary/aromatic N) is 4. The number of aryl methyl sites for hydroxylation is 1. The Labute approximate surface area is 299 Å². The van der Waals surface area contributed by atoms with E-state index in [1.165, 1.54) is 23.5 Å². The van der Waals surface area contributed by atoms with Crippen molar-refractivity contribution in [1.29, 1.82) is 5.41 Å². The Bertz CT molecular complexity index is 1570. The molecule has 9 heteroatoms. The maximum atomic E-state index is 8.03. The number of nitrogens with two attached hydrogens (primary N) is 1. The average Bonchev–Trinajstić information content (AvgIpc) is 3.54. The van der Waals surface area contributed by atoms with Gasteiger partial charge in [0, 0.05) is 61.0 Å². The number of rotatable bonds is 8. The molecule has 2 aromatic carbocycles. The van der Waals surface area contributed by atoms with E-state index < -0.39 is 0 Å². The Morgan fingerprint density at radius 3 is 2.67 bits per heavy atom. The summed E-state index contributed by atoms with van der Waals surface area (Å²) in [6.45, 7) is 7.88. The van der Waals surface area contributed by atoms with Gasteiger partial charge in [0.2, 0.25) is 0 Å². The predicted molar refractivity (Wildman–Crippen MR) is 162 cm³/mol. The Hall–Kier alpha value is -2.05. The van der Waals surface area contributed by atoms with Crippen molar-refractivity contribution in [3.63, 3.8) is 0 Å². The number of nitrogens with one attached hydrogen (secondary N) is 2. The first-order valence-electron chi connectivity index (χ1n) is 13.2. The fourth-order valence-corrected chi connectivity index (χ4v) is 5.60. The topological polar surface area (TPSA) is 95.3 Å². The fourth-order valence-electron chi connectivity index (χ4n) is 5.28. The molecule has 0 spiro atoms. The predicted octanol–water partition coefficient (Wildman–Crippen LogP) is 3.47. The summed E-state index contributed by atoms with van der Waals surface area (Å²) in [6.07, 6.45) is 5.48. The zero-order valence-corrected chi connectivity index (χ0v) is 30.8. The number of anilines is 2. The molecule has 0 bridgehead atoms. The van der Waals surface area contributed by atoms with E-state index in [0.29, 0.717) is 16.3 Å². The maximum absolute atomic E-state index is 8.03. The zero-order valence-electron chi connectivity index (χ0n) is 23.7. The van der Waals surface area contributed by atoms with E-state index in [9.17, 15) is 0 Å². The monoisotopic (exact) mass is 671 g/mol. The third-order valence-corrected chi connectivity index (χ3v) is 7.55. The molecule has 2 aromatic heterocycles. The minimum atomic E-state index is 0. The Morgan fingerprint density at radius 1 is 1.25 bits per heavy atom. The molecular formula is C31H33ClCsN7. The minimum absolute atomic E-state index is 0. The summed E-state index contributed by atoms with van der Waals surface area (Å²) in [5.41, 5.74) is 15.3. The molecule has 5 rings (SSSR count). The van der Waals surface area contributed by atoms with Gasteiger partial charge in [-0.3, -0.25) is 0 Å². The molecular weight excluding hydrogens is 639 g/mol. The molecule has 0 aliphatic carbocycles. The van der Waals surface area contributed by atoms with E-state index in [1.807, 2.05) is 43.5 Å². The van der Waals surface area contributed by atoms with Gasteiger partial charge >= 0.3 is 68.9 Å². The molecule has 7 nitrogen and oxygen atoms in total. The number of halogens is 1. The first-order chi connectivity index (χ1) is 18.9. The number of benzene rings is 2. The molecule has 0 fully saturated rings. The quantitative estimate of drug-likeness (QED) is 0.197. The molecule has 1 aliphatic rings. The largest absolute Gasteiger partial charge is 1.00 e. The normalized spacial score (nSPS) is 13.5. The summed E-state index contributed by atoms with van der Waals surface area (Å²) in [6, 6.07) is 17.4. The van der Waals surface area contributed by atoms with Gasteiger partial charge in [0.05, 0.1) is 16.4 Å². The summed E-state index contributed by atoms with van der Waals surface area (Å²) in [7, 11) is 1.90. The van der Waals surface area contributed by atoms with Crippen LogP contribution in [0.3, 0.4) is 0 Å². The van der Waals surface area contributed by atoms with Crippen molar-refractivity contribution in [3.8, 4) is 0 Å². The average molecular weight is 672 g/mol. The molecule has 0 saturated heterocycles. The summed E-state index contributed by atoms with van der Waals surface area (Å²) < 4.78 is 1.79. The van der Waals surface area contributed by atoms with Gasteiger partial charge in [-0.15, -0.1) is 11.1 Å². The fraction of sp³-hybridized carbons (Fsp3) is 0.258. The SMILES string of the molecule is CCc1cccc(NC)c1/C(Cl)=C/c1nn2c(/C(C=N)=C/N)cc(N3Cc4c[c-]ccc4C3)nc2c1C(C)C.[Cs+]. The zero-order chi connectivity index (χ0) is 27.7. The van der Waals surface area contributed by atoms with Crippen LogP contribution in [0, 0.1) is 11.5 Å². The smallest absolute Gasteiger partial charge is 0.404 e. The number of allylic oxidation sites excluding steroid dienone is 1. The number of fused-ring (bicyclic) bond motifs is 2. The molecule has 0 amide bonds. The van der Waals surface area contributed by atoms with Crippen molar-refractivity contribution in [2.45, 2.75) is 46.2 Å². The molecule has 0 saturated carbocycles. The van der Waals surface area contributed by atoms with E-state index >= 15 is 0 Å². The summed E-state index contributed by atoms with van der Waals surface area (Å²) >= 11 is 7.03. The van der Waals surface area contributed by atoms with E-state index in [4.69, 9.17) is 32.8 Å². The second-order valence-corrected chi connectivity index (χ2v) is 10.3. The van der Waals surface area contributed by atoms with Gasteiger partial charge in [-0.05, 0) is 30.0 Å². The molecule has 3 heterocycles. The van der Waals surface area contributed by atoms with Crippen molar-refractivity contribution < 1.29 is 68.9 Å². The molecule has 0 unspecified atom stereocenters. The molecule has 4 N–H and O–H groups in total. The van der Waals surface area contributed by atoms with Gasteiger partial charge in [0.15, 0.2) is 5.65 Å². The van der Waals surface area contributed by atoms with E-state index in [0.717, 1.165) is 59.0 Å². The van der Waals surface area contributed by atoms with Crippen molar-refractivity contribution in [2.24, 2.45) is 5.73 Å². The Kier molecular flexibility index (Phi) is 10.3. The summed E-state index contributed by atoms with van der Waals surface area (Å²) in [5, 5.41) is 16.9. The van der Waals surface area contributed by atoms with Crippen molar-refractivity contribution in [3.05, 3.63) is 93.9 Å². The van der Waals surface area contributed by atoms with E-state index in [1.54, 1.807) is 4.52 Å². The van der Waals surface area contributed by atoms with Gasteiger partial charge in [-0.2, -0.15) is 29.4 Å². The molecule has 0 atom stereocenters. The van der Waals surface area contributed by atoms with E-state index in [2.05, 4.69) is 49.2 Å². The van der Waals surface area contributed by atoms with Crippen LogP contribution in [0.15, 0.2) is 48.7 Å². The van der Waals surface area contributed by atoms with Crippen LogP contribution in [0.4, 0.5) is 11.5 Å². The third-order valence-electron chi connectivity index (χ3n) is 7.25. The second-order valence-electron chi connectivity index (χ2n) is 9.94. The van der Waals surface area contributed by atoms with Crippen molar-refractivity contribution >= 4 is 51.6 Å². The standard InChI is InChI=1S/C31H33ClN7.Cs/c1-5-20-11-8-12-25(35-4)30(20)24(32)13-26-29(19(2)3)31-36-28(14-27(39(31)37-26)23(15-33)16-34)38-17-21-9-6-7-10-22(21)18-38;/h6,8-16,19,33,35H,5,17-18,34H2,1-4H3;/q-1;+1/b23-16+,24-13-,33-15?;. The molecule has 40 heavy (non-hydrogen) atoms. The van der Waals surface area contributed by atoms with Gasteiger partial charge in [-0.25, -0.2) is 9.50 Å². The van der Waals surface area contributed by atoms with Crippen LogP contribution < -0.4 is 84.8 Å². The van der Waals surface area contributed by atoms with Crippen LogP contribution >= 0.6 is 11.6 Å². The van der Waals surface area contributed by atoms with Gasteiger partial charge in [0.25, 0.3) is 0 Å². The number of hydrogen-bond acceptors (Lipinski definition) is 6. The number of hydrogen-bond donors (Lipinski definition) is 3. The molecule has 1 aliphatic heterocycles. The second kappa shape index (κ2) is 13.3. The van der Waals surface area contributed by atoms with Gasteiger partial charge in [-0.1, -0.05) is 44.5 Å². The first kappa shape index (κ1) is 30.9. The number of aromatic nitrogens is 3. The van der Waals surface area contributed by atoms with Crippen molar-refractivity contribution in [2.75, 3.05) is 17.3 Å². The Morgan fingerprint density at radius 2 is 2.02 bits per heavy atom. The van der Waals surface area contributed by atoms with Crippen LogP contribution in [0.5, 0.6) is 0 Å². The van der Waals surface area contributed by atoms with E-state index in [-0.39, 0.29) is 74.8 Å². The minimum Gasteiger partial charge on any atom is -0.404 e. The van der Waals surface area contributed by atoms with Gasteiger partial charge in [0.1, 0.15) is 5.82 Å². The summed E-state index contributed by atoms with van der Waals surface area (Å²) in [5.74, 6) is 0.932. The van der Waals surface area contributed by atoms with Crippen LogP contribution in [-0.4, -0.2) is 27.9 Å². The van der Waals surface area contributed by atoms with Crippen LogP contribution in [0.2, 0.25) is 0 Å². The molecule has 4 aromatic rings. The Balaban J connectivity index is 0.00000370. The first-order valence-corrected chi connectivity index (χ1v) is 13.5. The van der Waals surface area contributed by atoms with Crippen LogP contribution in [0.25, 0.3) is 22.3 Å². The maximum Gasteiger partial charge on any atom is 1.00 e. The molecule has 200 valence electrons. The van der Waals surface area contributed by atoms with Crippen molar-refractivity contribution in [1.82, 2.24) is 14.6 Å². The third kappa shape index (κ3) is 5.81. The van der Waals surface area contributed by atoms with Gasteiger partial charge < -0.3 is 21.4 Å². The molecule has 0 radical (unpaired) electrons.